The van der Waals surface area contributed by atoms with E-state index in [2.05, 4.69) is 40.8 Å². The Bertz CT molecular complexity index is 1310. The first-order chi connectivity index (χ1) is 18.1. The molecule has 2 aliphatic rings. The Morgan fingerprint density at radius 1 is 1.08 bits per heavy atom. The first kappa shape index (κ1) is 26.2. The van der Waals surface area contributed by atoms with Gasteiger partial charge in [0.25, 0.3) is 0 Å². The smallest absolute Gasteiger partial charge is 0.410 e. The Morgan fingerprint density at radius 3 is 2.50 bits per heavy atom. The van der Waals surface area contributed by atoms with Gasteiger partial charge in [0.05, 0.1) is 32.0 Å². The Labute approximate surface area is 223 Å². The molecule has 0 N–H and O–H groups in total. The van der Waals surface area contributed by atoms with E-state index in [-0.39, 0.29) is 12.1 Å². The van der Waals surface area contributed by atoms with Crippen LogP contribution >= 0.6 is 0 Å². The van der Waals surface area contributed by atoms with Crippen molar-refractivity contribution in [1.29, 1.82) is 0 Å². The minimum atomic E-state index is -0.501. The summed E-state index contributed by atoms with van der Waals surface area (Å²) in [5.74, 6) is 1.80. The molecule has 0 radical (unpaired) electrons. The summed E-state index contributed by atoms with van der Waals surface area (Å²) in [6.45, 7) is 13.5. The molecule has 2 atom stereocenters. The summed E-state index contributed by atoms with van der Waals surface area (Å²) in [5.41, 5.74) is 3.00. The molecule has 3 aromatic rings. The molecule has 2 aromatic heterocycles. The second-order valence-corrected chi connectivity index (χ2v) is 11.2. The molecule has 2 aliphatic heterocycles. The monoisotopic (exact) mass is 522 g/mol. The van der Waals surface area contributed by atoms with Crippen LogP contribution < -0.4 is 9.64 Å². The first-order valence-corrected chi connectivity index (χ1v) is 13.4. The zero-order valence-electron chi connectivity index (χ0n) is 23.2. The van der Waals surface area contributed by atoms with E-state index in [9.17, 15) is 4.79 Å². The third-order valence-electron chi connectivity index (χ3n) is 7.31. The fourth-order valence-corrected chi connectivity index (χ4v) is 5.43. The van der Waals surface area contributed by atoms with Crippen molar-refractivity contribution >= 4 is 22.8 Å². The average Bonchev–Trinajstić information content (AvgIpc) is 3.30. The lowest BCUT2D eigenvalue weighted by molar-refractivity contribution is 0.0103. The highest BCUT2D eigenvalue weighted by atomic mass is 16.6. The van der Waals surface area contributed by atoms with Gasteiger partial charge < -0.3 is 24.0 Å². The topological polar surface area (TPSA) is 94.8 Å². The van der Waals surface area contributed by atoms with Crippen LogP contribution in [0.15, 0.2) is 24.4 Å². The molecule has 0 spiro atoms. The van der Waals surface area contributed by atoms with Crippen LogP contribution in [0.3, 0.4) is 0 Å². The molecule has 4 heterocycles. The minimum absolute atomic E-state index is 0.0887. The van der Waals surface area contributed by atoms with Gasteiger partial charge in [0.15, 0.2) is 5.82 Å². The number of fused-ring (bicyclic) bond motifs is 1. The quantitative estimate of drug-likeness (QED) is 0.495. The number of carbonyl (C=O) groups excluding carboxylic acids is 1. The molecular weight excluding hydrogens is 484 g/mol. The number of hydrogen-bond donors (Lipinski definition) is 0. The number of amides is 1. The van der Waals surface area contributed by atoms with Crippen molar-refractivity contribution in [2.45, 2.75) is 65.0 Å². The normalized spacial score (nSPS) is 20.6. The van der Waals surface area contributed by atoms with Gasteiger partial charge >= 0.3 is 12.1 Å². The van der Waals surface area contributed by atoms with Crippen LogP contribution in [-0.4, -0.2) is 82.3 Å². The number of piperidine rings is 1. The number of carbonyl (C=O) groups is 1. The lowest BCUT2D eigenvalue weighted by Crippen LogP contribution is -2.46. The molecule has 10 heteroatoms. The highest BCUT2D eigenvalue weighted by Crippen LogP contribution is 2.36. The van der Waals surface area contributed by atoms with Crippen LogP contribution in [0.25, 0.3) is 16.7 Å². The molecule has 1 amide bonds. The van der Waals surface area contributed by atoms with Gasteiger partial charge in [0.2, 0.25) is 0 Å². The fourth-order valence-electron chi connectivity index (χ4n) is 5.43. The molecule has 38 heavy (non-hydrogen) atoms. The number of ether oxygens (including phenoxy) is 3. The summed E-state index contributed by atoms with van der Waals surface area (Å²) in [6, 6.07) is 6.79. The molecule has 5 rings (SSSR count). The number of aryl methyl sites for hydroxylation is 1. The van der Waals surface area contributed by atoms with Gasteiger partial charge in [-0.2, -0.15) is 15.1 Å². The predicted octanol–water partition coefficient (Wildman–Crippen LogP) is 4.47. The summed E-state index contributed by atoms with van der Waals surface area (Å²) in [7, 11) is 1.58. The van der Waals surface area contributed by atoms with Crippen molar-refractivity contribution in [3.63, 3.8) is 0 Å². The number of morpholine rings is 1. The molecule has 0 saturated carbocycles. The summed E-state index contributed by atoms with van der Waals surface area (Å²) >= 11 is 0. The molecule has 10 nitrogen and oxygen atoms in total. The van der Waals surface area contributed by atoms with E-state index < -0.39 is 5.60 Å². The lowest BCUT2D eigenvalue weighted by atomic mass is 9.83. The molecule has 0 bridgehead atoms. The second-order valence-electron chi connectivity index (χ2n) is 11.2. The molecule has 204 valence electrons. The number of anilines is 1. The summed E-state index contributed by atoms with van der Waals surface area (Å²) < 4.78 is 18.5. The number of benzene rings is 1. The standard InChI is InChI=1S/C28H38N6O4/c1-18-13-21-17-29-34(25-16-24(30-26(31-25)36-6)32-9-11-37-12-10-32)23(21)15-22(18)20-7-8-33(19(2)14-20)27(35)38-28(3,4)5/h13,15-17,19-20H,7-12,14H2,1-6H3. The van der Waals surface area contributed by atoms with E-state index in [4.69, 9.17) is 19.3 Å². The van der Waals surface area contributed by atoms with Crippen molar-refractivity contribution in [2.24, 2.45) is 0 Å². The van der Waals surface area contributed by atoms with Crippen molar-refractivity contribution < 1.29 is 19.0 Å². The van der Waals surface area contributed by atoms with E-state index in [1.807, 2.05) is 42.6 Å². The van der Waals surface area contributed by atoms with Crippen molar-refractivity contribution in [3.05, 3.63) is 35.5 Å². The van der Waals surface area contributed by atoms with Gasteiger partial charge in [-0.3, -0.25) is 0 Å². The number of rotatable bonds is 4. The number of hydrogen-bond acceptors (Lipinski definition) is 8. The van der Waals surface area contributed by atoms with Gasteiger partial charge in [-0.15, -0.1) is 0 Å². The maximum atomic E-state index is 12.7. The predicted molar refractivity (Wildman–Crippen MR) is 145 cm³/mol. The lowest BCUT2D eigenvalue weighted by Gasteiger charge is -2.39. The Morgan fingerprint density at radius 2 is 1.82 bits per heavy atom. The Hall–Kier alpha value is -3.40. The van der Waals surface area contributed by atoms with Crippen LogP contribution in [-0.2, 0) is 9.47 Å². The van der Waals surface area contributed by atoms with Gasteiger partial charge in [0.1, 0.15) is 11.4 Å². The maximum Gasteiger partial charge on any atom is 0.410 e. The summed E-state index contributed by atoms with van der Waals surface area (Å²) in [6.07, 6.45) is 3.40. The average molecular weight is 523 g/mol. The molecule has 2 fully saturated rings. The van der Waals surface area contributed by atoms with Gasteiger partial charge in [-0.1, -0.05) is 0 Å². The second kappa shape index (κ2) is 10.4. The molecule has 2 saturated heterocycles. The third-order valence-corrected chi connectivity index (χ3v) is 7.31. The fraction of sp³-hybridized carbons (Fsp3) is 0.571. The molecule has 0 aliphatic carbocycles. The molecule has 2 unspecified atom stereocenters. The van der Waals surface area contributed by atoms with Gasteiger partial charge in [0, 0.05) is 37.1 Å². The number of likely N-dealkylation sites (tertiary alicyclic amines) is 1. The van der Waals surface area contributed by atoms with E-state index >= 15 is 0 Å². The minimum Gasteiger partial charge on any atom is -0.467 e. The summed E-state index contributed by atoms with van der Waals surface area (Å²) in [5, 5.41) is 5.75. The van der Waals surface area contributed by atoms with Crippen LogP contribution in [0.1, 0.15) is 57.6 Å². The summed E-state index contributed by atoms with van der Waals surface area (Å²) in [4.78, 5) is 26.0. The highest BCUT2D eigenvalue weighted by molar-refractivity contribution is 5.82. The third kappa shape index (κ3) is 5.41. The van der Waals surface area contributed by atoms with Gasteiger partial charge in [-0.25, -0.2) is 9.48 Å². The van der Waals surface area contributed by atoms with Crippen molar-refractivity contribution in [1.82, 2.24) is 24.6 Å². The van der Waals surface area contributed by atoms with Crippen LogP contribution in [0, 0.1) is 6.92 Å². The first-order valence-electron chi connectivity index (χ1n) is 13.4. The largest absolute Gasteiger partial charge is 0.467 e. The zero-order chi connectivity index (χ0) is 27.0. The van der Waals surface area contributed by atoms with E-state index in [0.29, 0.717) is 37.5 Å². The van der Waals surface area contributed by atoms with Crippen molar-refractivity contribution in [2.75, 3.05) is 44.9 Å². The van der Waals surface area contributed by atoms with Crippen LogP contribution in [0.4, 0.5) is 10.6 Å². The molecular formula is C28H38N6O4. The number of aromatic nitrogens is 4. The highest BCUT2D eigenvalue weighted by Gasteiger charge is 2.33. The van der Waals surface area contributed by atoms with Crippen LogP contribution in [0.2, 0.25) is 0 Å². The number of nitrogens with zero attached hydrogens (tertiary/aromatic N) is 6. The van der Waals surface area contributed by atoms with Crippen molar-refractivity contribution in [3.8, 4) is 11.8 Å². The SMILES string of the molecule is COc1nc(N2CCOCC2)cc(-n2ncc3cc(C)c(C4CCN(C(=O)OC(C)(C)C)C(C)C4)cc32)n1. The van der Waals surface area contributed by atoms with Gasteiger partial charge in [-0.05, 0) is 76.6 Å². The zero-order valence-corrected chi connectivity index (χ0v) is 23.2. The Balaban J connectivity index is 1.44. The maximum absolute atomic E-state index is 12.7. The van der Waals surface area contributed by atoms with Crippen LogP contribution in [0.5, 0.6) is 6.01 Å². The Kier molecular flexibility index (Phi) is 7.17. The van der Waals surface area contributed by atoms with E-state index in [1.165, 1.54) is 11.1 Å². The van der Waals surface area contributed by atoms with E-state index in [1.54, 1.807) is 7.11 Å². The number of methoxy groups -OCH3 is 1. The van der Waals surface area contributed by atoms with E-state index in [0.717, 1.165) is 42.7 Å². The molecule has 1 aromatic carbocycles.